The van der Waals surface area contributed by atoms with Crippen molar-refractivity contribution in [3.8, 4) is 0 Å². The molecule has 25 heavy (non-hydrogen) atoms. The van der Waals surface area contributed by atoms with E-state index in [-0.39, 0.29) is 23.3 Å². The quantitative estimate of drug-likeness (QED) is 0.613. The predicted molar refractivity (Wildman–Crippen MR) is 95.4 cm³/mol. The van der Waals surface area contributed by atoms with Crippen LogP contribution in [0.15, 0.2) is 42.5 Å². The van der Waals surface area contributed by atoms with E-state index in [1.165, 1.54) is 6.07 Å². The summed E-state index contributed by atoms with van der Waals surface area (Å²) in [7, 11) is 0. The molecule has 6 nitrogen and oxygen atoms in total. The van der Waals surface area contributed by atoms with Crippen LogP contribution in [0, 0.1) is 17.0 Å². The van der Waals surface area contributed by atoms with E-state index in [1.54, 1.807) is 19.1 Å². The molecule has 0 aliphatic heterocycles. The van der Waals surface area contributed by atoms with Gasteiger partial charge in [-0.15, -0.1) is 0 Å². The van der Waals surface area contributed by atoms with Crippen molar-refractivity contribution in [3.63, 3.8) is 0 Å². The molecule has 132 valence electrons. The number of nitro benzene ring substituents is 1. The minimum absolute atomic E-state index is 0.0551. The number of nitrogens with zero attached hydrogens (tertiary/aromatic N) is 1. The maximum Gasteiger partial charge on any atom is 0.273 e. The highest BCUT2D eigenvalue weighted by molar-refractivity contribution is 5.94. The molecule has 0 aliphatic carbocycles. The number of benzene rings is 2. The fourth-order valence-electron chi connectivity index (χ4n) is 2.32. The zero-order valence-electron chi connectivity index (χ0n) is 14.6. The van der Waals surface area contributed by atoms with Crippen molar-refractivity contribution < 1.29 is 14.5 Å². The molecule has 6 heteroatoms. The van der Waals surface area contributed by atoms with Crippen LogP contribution in [-0.4, -0.2) is 16.9 Å². The van der Waals surface area contributed by atoms with Crippen LogP contribution in [-0.2, 0) is 17.9 Å². The van der Waals surface area contributed by atoms with Crippen molar-refractivity contribution in [2.45, 2.75) is 40.0 Å². The first-order valence-electron chi connectivity index (χ1n) is 8.09. The normalized spacial score (nSPS) is 10.7. The van der Waals surface area contributed by atoms with Crippen LogP contribution in [0.25, 0.3) is 0 Å². The lowest BCUT2D eigenvalue weighted by Gasteiger charge is -2.10. The second kappa shape index (κ2) is 8.39. The standard InChI is InChI=1S/C19H22N2O4/c1-13(2)25-12-16-6-4-5-15(9-16)11-20-19(22)17-8-7-14(3)18(10-17)21(23)24/h4-10,13H,11-12H2,1-3H3,(H,20,22). The topological polar surface area (TPSA) is 81.5 Å². The second-order valence-corrected chi connectivity index (χ2v) is 6.12. The van der Waals surface area contributed by atoms with Gasteiger partial charge in [-0.05, 0) is 38.0 Å². The van der Waals surface area contributed by atoms with E-state index in [2.05, 4.69) is 5.32 Å². The van der Waals surface area contributed by atoms with Gasteiger partial charge in [0.2, 0.25) is 0 Å². The van der Waals surface area contributed by atoms with E-state index in [4.69, 9.17) is 4.74 Å². The first-order valence-corrected chi connectivity index (χ1v) is 8.09. The van der Waals surface area contributed by atoms with Gasteiger partial charge in [0.25, 0.3) is 11.6 Å². The van der Waals surface area contributed by atoms with Gasteiger partial charge < -0.3 is 10.1 Å². The lowest BCUT2D eigenvalue weighted by atomic mass is 10.1. The Morgan fingerprint density at radius 2 is 1.92 bits per heavy atom. The number of ether oxygens (including phenoxy) is 1. The fraction of sp³-hybridized carbons (Fsp3) is 0.316. The van der Waals surface area contributed by atoms with Crippen molar-refractivity contribution in [2.24, 2.45) is 0 Å². The molecule has 2 aromatic rings. The van der Waals surface area contributed by atoms with Gasteiger partial charge in [0, 0.05) is 23.7 Å². The third kappa shape index (κ3) is 5.39. The molecular formula is C19H22N2O4. The Balaban J connectivity index is 2.01. The van der Waals surface area contributed by atoms with Gasteiger partial charge in [-0.3, -0.25) is 14.9 Å². The van der Waals surface area contributed by atoms with Crippen LogP contribution < -0.4 is 5.32 Å². The number of nitrogens with one attached hydrogen (secondary N) is 1. The summed E-state index contributed by atoms with van der Waals surface area (Å²) in [6.45, 7) is 6.46. The Morgan fingerprint density at radius 1 is 1.20 bits per heavy atom. The van der Waals surface area contributed by atoms with Crippen LogP contribution in [0.1, 0.15) is 40.9 Å². The fourth-order valence-corrected chi connectivity index (χ4v) is 2.32. The Morgan fingerprint density at radius 3 is 2.60 bits per heavy atom. The summed E-state index contributed by atoms with van der Waals surface area (Å²) in [5, 5.41) is 13.8. The number of carbonyl (C=O) groups is 1. The maximum absolute atomic E-state index is 12.2. The Labute approximate surface area is 147 Å². The van der Waals surface area contributed by atoms with Crippen molar-refractivity contribution in [1.29, 1.82) is 0 Å². The summed E-state index contributed by atoms with van der Waals surface area (Å²) in [6.07, 6.45) is 0.153. The van der Waals surface area contributed by atoms with E-state index < -0.39 is 4.92 Å². The minimum atomic E-state index is -0.482. The third-order valence-electron chi connectivity index (χ3n) is 3.70. The molecular weight excluding hydrogens is 320 g/mol. The minimum Gasteiger partial charge on any atom is -0.374 e. The molecule has 2 aromatic carbocycles. The zero-order valence-corrected chi connectivity index (χ0v) is 14.6. The highest BCUT2D eigenvalue weighted by Gasteiger charge is 2.14. The molecule has 2 rings (SSSR count). The average molecular weight is 342 g/mol. The highest BCUT2D eigenvalue weighted by atomic mass is 16.6. The molecule has 0 atom stereocenters. The smallest absolute Gasteiger partial charge is 0.273 e. The SMILES string of the molecule is Cc1ccc(C(=O)NCc2cccc(COC(C)C)c2)cc1[N+](=O)[O-]. The molecule has 0 radical (unpaired) electrons. The average Bonchev–Trinajstić information content (AvgIpc) is 2.58. The maximum atomic E-state index is 12.2. The van der Waals surface area contributed by atoms with Crippen LogP contribution in [0.2, 0.25) is 0 Å². The summed E-state index contributed by atoms with van der Waals surface area (Å²) in [4.78, 5) is 22.7. The largest absolute Gasteiger partial charge is 0.374 e. The number of carbonyl (C=O) groups excluding carboxylic acids is 1. The van der Waals surface area contributed by atoms with Gasteiger partial charge in [-0.25, -0.2) is 0 Å². The molecule has 0 fully saturated rings. The molecule has 0 unspecified atom stereocenters. The summed E-state index contributed by atoms with van der Waals surface area (Å²) >= 11 is 0. The van der Waals surface area contributed by atoms with E-state index in [0.29, 0.717) is 18.7 Å². The monoisotopic (exact) mass is 342 g/mol. The highest BCUT2D eigenvalue weighted by Crippen LogP contribution is 2.19. The van der Waals surface area contributed by atoms with Crippen molar-refractivity contribution >= 4 is 11.6 Å². The van der Waals surface area contributed by atoms with Gasteiger partial charge in [0.05, 0.1) is 17.6 Å². The lowest BCUT2D eigenvalue weighted by molar-refractivity contribution is -0.385. The van der Waals surface area contributed by atoms with Crippen molar-refractivity contribution in [2.75, 3.05) is 0 Å². The number of rotatable bonds is 7. The van der Waals surface area contributed by atoms with E-state index >= 15 is 0 Å². The summed E-state index contributed by atoms with van der Waals surface area (Å²) in [6, 6.07) is 12.2. The zero-order chi connectivity index (χ0) is 18.4. The van der Waals surface area contributed by atoms with Crippen LogP contribution >= 0.6 is 0 Å². The Bertz CT molecular complexity index is 772. The van der Waals surface area contributed by atoms with Crippen LogP contribution in [0.3, 0.4) is 0 Å². The summed E-state index contributed by atoms with van der Waals surface area (Å²) < 4.78 is 5.57. The van der Waals surface area contributed by atoms with Crippen LogP contribution in [0.5, 0.6) is 0 Å². The number of amides is 1. The van der Waals surface area contributed by atoms with Crippen LogP contribution in [0.4, 0.5) is 5.69 Å². The van der Waals surface area contributed by atoms with E-state index in [1.807, 2.05) is 38.1 Å². The molecule has 1 N–H and O–H groups in total. The Hall–Kier alpha value is -2.73. The number of nitro groups is 1. The van der Waals surface area contributed by atoms with E-state index in [9.17, 15) is 14.9 Å². The van der Waals surface area contributed by atoms with Gasteiger partial charge >= 0.3 is 0 Å². The van der Waals surface area contributed by atoms with Gasteiger partial charge in [-0.1, -0.05) is 30.3 Å². The molecule has 0 heterocycles. The molecule has 0 spiro atoms. The molecule has 1 amide bonds. The third-order valence-corrected chi connectivity index (χ3v) is 3.70. The number of hydrogen-bond acceptors (Lipinski definition) is 4. The number of aryl methyl sites for hydroxylation is 1. The number of hydrogen-bond donors (Lipinski definition) is 1. The molecule has 0 aliphatic rings. The van der Waals surface area contributed by atoms with Crippen molar-refractivity contribution in [3.05, 3.63) is 74.8 Å². The van der Waals surface area contributed by atoms with Gasteiger partial charge in [0.1, 0.15) is 0 Å². The first-order chi connectivity index (χ1) is 11.9. The Kier molecular flexibility index (Phi) is 6.25. The summed E-state index contributed by atoms with van der Waals surface area (Å²) in [5.41, 5.74) is 2.72. The van der Waals surface area contributed by atoms with Gasteiger partial charge in [-0.2, -0.15) is 0 Å². The summed E-state index contributed by atoms with van der Waals surface area (Å²) in [5.74, 6) is -0.341. The second-order valence-electron chi connectivity index (χ2n) is 6.12. The van der Waals surface area contributed by atoms with E-state index in [0.717, 1.165) is 11.1 Å². The molecule has 0 aromatic heterocycles. The molecule has 0 bridgehead atoms. The lowest BCUT2D eigenvalue weighted by Crippen LogP contribution is -2.23. The first kappa shape index (κ1) is 18.6. The molecule has 0 saturated heterocycles. The van der Waals surface area contributed by atoms with Crippen molar-refractivity contribution in [1.82, 2.24) is 5.32 Å². The molecule has 0 saturated carbocycles. The van der Waals surface area contributed by atoms with Gasteiger partial charge in [0.15, 0.2) is 0 Å². The predicted octanol–water partition coefficient (Wildman–Crippen LogP) is 3.76.